The third-order valence-corrected chi connectivity index (χ3v) is 4.08. The van der Waals surface area contributed by atoms with Crippen LogP contribution in [-0.2, 0) is 0 Å². The van der Waals surface area contributed by atoms with E-state index in [1.165, 1.54) is 10.4 Å². The summed E-state index contributed by atoms with van der Waals surface area (Å²) >= 11 is 1.71. The number of aryl methyl sites for hydroxylation is 1. The summed E-state index contributed by atoms with van der Waals surface area (Å²) in [5.74, 6) is -2.33. The van der Waals surface area contributed by atoms with E-state index in [0.29, 0.717) is 0 Å². The van der Waals surface area contributed by atoms with Gasteiger partial charge in [-0.3, -0.25) is 0 Å². The van der Waals surface area contributed by atoms with Crippen LogP contribution in [0.5, 0.6) is 0 Å². The first-order valence-electron chi connectivity index (χ1n) is 5.74. The predicted octanol–water partition coefficient (Wildman–Crippen LogP) is 5.07. The molecule has 0 bridgehead atoms. The Labute approximate surface area is 105 Å². The Morgan fingerprint density at radius 3 is 2.82 bits per heavy atom. The molecule has 0 amide bonds. The van der Waals surface area contributed by atoms with Gasteiger partial charge >= 0.3 is 0 Å². The second-order valence-electron chi connectivity index (χ2n) is 4.74. The van der Waals surface area contributed by atoms with Crippen LogP contribution in [0.1, 0.15) is 36.1 Å². The SMILES string of the molecule is Cc1ccsc1C1C=CC=C(CC(C)(F)F)C1. The normalized spacial score (nSPS) is 20.5. The molecule has 1 aromatic rings. The van der Waals surface area contributed by atoms with E-state index in [2.05, 4.69) is 24.4 Å². The minimum absolute atomic E-state index is 0.127. The number of halogens is 2. The van der Waals surface area contributed by atoms with E-state index < -0.39 is 5.92 Å². The third kappa shape index (κ3) is 3.25. The summed E-state index contributed by atoms with van der Waals surface area (Å²) in [5.41, 5.74) is 2.10. The molecule has 1 aliphatic rings. The van der Waals surface area contributed by atoms with Crippen molar-refractivity contribution >= 4 is 11.3 Å². The summed E-state index contributed by atoms with van der Waals surface area (Å²) in [6.07, 6.45) is 6.45. The molecule has 0 radical (unpaired) electrons. The van der Waals surface area contributed by atoms with Crippen molar-refractivity contribution in [3.8, 4) is 0 Å². The maximum absolute atomic E-state index is 13.0. The summed E-state index contributed by atoms with van der Waals surface area (Å²) in [4.78, 5) is 1.30. The first kappa shape index (κ1) is 12.5. The lowest BCUT2D eigenvalue weighted by Crippen LogP contribution is -2.13. The number of allylic oxidation sites excluding steroid dienone is 4. The molecule has 0 aromatic carbocycles. The molecule has 0 nitrogen and oxygen atoms in total. The van der Waals surface area contributed by atoms with Crippen LogP contribution in [0.3, 0.4) is 0 Å². The molecule has 1 unspecified atom stereocenters. The highest BCUT2D eigenvalue weighted by Gasteiger charge is 2.25. The zero-order valence-electron chi connectivity index (χ0n) is 10.0. The van der Waals surface area contributed by atoms with Crippen molar-refractivity contribution in [1.82, 2.24) is 0 Å². The first-order chi connectivity index (χ1) is 7.96. The molecule has 17 heavy (non-hydrogen) atoms. The first-order valence-corrected chi connectivity index (χ1v) is 6.62. The molecule has 1 aliphatic carbocycles. The molecule has 0 saturated heterocycles. The minimum Gasteiger partial charge on any atom is -0.207 e. The van der Waals surface area contributed by atoms with Gasteiger partial charge in [-0.05, 0) is 37.3 Å². The molecule has 3 heteroatoms. The fraction of sp³-hybridized carbons (Fsp3) is 0.429. The van der Waals surface area contributed by atoms with Crippen LogP contribution in [0.25, 0.3) is 0 Å². The van der Waals surface area contributed by atoms with Crippen LogP contribution in [0.2, 0.25) is 0 Å². The van der Waals surface area contributed by atoms with Crippen LogP contribution in [-0.4, -0.2) is 5.92 Å². The van der Waals surface area contributed by atoms with E-state index in [9.17, 15) is 8.78 Å². The lowest BCUT2D eigenvalue weighted by molar-refractivity contribution is 0.0217. The number of thiophene rings is 1. The Morgan fingerprint density at radius 1 is 1.47 bits per heavy atom. The molecule has 0 fully saturated rings. The van der Waals surface area contributed by atoms with Crippen LogP contribution in [0.4, 0.5) is 8.78 Å². The lowest BCUT2D eigenvalue weighted by Gasteiger charge is -2.20. The predicted molar refractivity (Wildman–Crippen MR) is 68.9 cm³/mol. The molecule has 1 aromatic heterocycles. The summed E-state index contributed by atoms with van der Waals surface area (Å²) in [6.45, 7) is 3.06. The van der Waals surface area contributed by atoms with Crippen molar-refractivity contribution in [3.63, 3.8) is 0 Å². The molecule has 0 N–H and O–H groups in total. The van der Waals surface area contributed by atoms with Crippen molar-refractivity contribution < 1.29 is 8.78 Å². The van der Waals surface area contributed by atoms with E-state index in [-0.39, 0.29) is 12.3 Å². The number of hydrogen-bond acceptors (Lipinski definition) is 1. The smallest absolute Gasteiger partial charge is 0.207 e. The zero-order valence-corrected chi connectivity index (χ0v) is 10.9. The van der Waals surface area contributed by atoms with E-state index in [4.69, 9.17) is 0 Å². The van der Waals surface area contributed by atoms with Gasteiger partial charge in [0.2, 0.25) is 5.92 Å². The van der Waals surface area contributed by atoms with E-state index in [1.807, 2.05) is 12.2 Å². The van der Waals surface area contributed by atoms with Gasteiger partial charge in [0.05, 0.1) is 0 Å². The van der Waals surface area contributed by atoms with Gasteiger partial charge in [0.1, 0.15) is 0 Å². The second-order valence-corrected chi connectivity index (χ2v) is 5.68. The molecule has 2 rings (SSSR count). The largest absolute Gasteiger partial charge is 0.249 e. The maximum atomic E-state index is 13.0. The Balaban J connectivity index is 2.10. The number of alkyl halides is 2. The average molecular weight is 254 g/mol. The topological polar surface area (TPSA) is 0 Å². The van der Waals surface area contributed by atoms with E-state index in [0.717, 1.165) is 18.9 Å². The van der Waals surface area contributed by atoms with Crippen LogP contribution < -0.4 is 0 Å². The minimum atomic E-state index is -2.61. The highest BCUT2D eigenvalue weighted by Crippen LogP contribution is 2.37. The monoisotopic (exact) mass is 254 g/mol. The van der Waals surface area contributed by atoms with Crippen LogP contribution in [0, 0.1) is 6.92 Å². The third-order valence-electron chi connectivity index (χ3n) is 2.93. The Morgan fingerprint density at radius 2 is 2.24 bits per heavy atom. The van der Waals surface area contributed by atoms with Gasteiger partial charge in [0, 0.05) is 17.2 Å². The summed E-state index contributed by atoms with van der Waals surface area (Å²) in [7, 11) is 0. The quantitative estimate of drug-likeness (QED) is 0.706. The van der Waals surface area contributed by atoms with Gasteiger partial charge in [-0.25, -0.2) is 8.78 Å². The molecule has 1 heterocycles. The maximum Gasteiger partial charge on any atom is 0.249 e. The molecule has 0 spiro atoms. The van der Waals surface area contributed by atoms with Crippen LogP contribution in [0.15, 0.2) is 35.2 Å². The number of rotatable bonds is 3. The lowest BCUT2D eigenvalue weighted by atomic mass is 9.89. The summed E-state index contributed by atoms with van der Waals surface area (Å²) in [5, 5.41) is 2.06. The highest BCUT2D eigenvalue weighted by molar-refractivity contribution is 7.10. The van der Waals surface area contributed by atoms with Crippen molar-refractivity contribution in [2.45, 2.75) is 38.5 Å². The van der Waals surface area contributed by atoms with Gasteiger partial charge in [0.15, 0.2) is 0 Å². The molecule has 0 saturated carbocycles. The molecule has 0 aliphatic heterocycles. The summed E-state index contributed by atoms with van der Waals surface area (Å²) in [6, 6.07) is 2.08. The van der Waals surface area contributed by atoms with Gasteiger partial charge in [0.25, 0.3) is 0 Å². The van der Waals surface area contributed by atoms with Crippen molar-refractivity contribution in [3.05, 3.63) is 45.7 Å². The van der Waals surface area contributed by atoms with Gasteiger partial charge in [-0.2, -0.15) is 0 Å². The fourth-order valence-electron chi connectivity index (χ4n) is 2.22. The van der Waals surface area contributed by atoms with Gasteiger partial charge in [-0.15, -0.1) is 11.3 Å². The second kappa shape index (κ2) is 4.73. The Hall–Kier alpha value is -0.960. The molecule has 92 valence electrons. The average Bonchev–Trinajstić information content (AvgIpc) is 2.62. The standard InChI is InChI=1S/C14H16F2S/c1-10-6-7-17-13(10)12-5-3-4-11(8-12)9-14(2,15)16/h3-7,12H,8-9H2,1-2H3. The fourth-order valence-corrected chi connectivity index (χ4v) is 3.23. The molecular weight excluding hydrogens is 238 g/mol. The van der Waals surface area contributed by atoms with Crippen molar-refractivity contribution in [2.75, 3.05) is 0 Å². The van der Waals surface area contributed by atoms with E-state index >= 15 is 0 Å². The highest BCUT2D eigenvalue weighted by atomic mass is 32.1. The zero-order chi connectivity index (χ0) is 12.5. The van der Waals surface area contributed by atoms with Gasteiger partial charge < -0.3 is 0 Å². The number of hydrogen-bond donors (Lipinski definition) is 0. The molecule has 1 atom stereocenters. The van der Waals surface area contributed by atoms with E-state index in [1.54, 1.807) is 11.3 Å². The Kier molecular flexibility index (Phi) is 3.48. The van der Waals surface area contributed by atoms with Crippen molar-refractivity contribution in [1.29, 1.82) is 0 Å². The Bertz CT molecular complexity index is 449. The van der Waals surface area contributed by atoms with Gasteiger partial charge in [-0.1, -0.05) is 23.8 Å². The van der Waals surface area contributed by atoms with Crippen molar-refractivity contribution in [2.24, 2.45) is 0 Å². The molecular formula is C14H16F2S. The van der Waals surface area contributed by atoms with Crippen LogP contribution >= 0.6 is 11.3 Å². The summed E-state index contributed by atoms with van der Waals surface area (Å²) < 4.78 is 26.0.